The molecule has 1 rings (SSSR count). The van der Waals surface area contributed by atoms with E-state index >= 15 is 0 Å². The Morgan fingerprint density at radius 3 is 2.39 bits per heavy atom. The Kier molecular flexibility index (Phi) is 5.63. The molecule has 0 saturated heterocycles. The third kappa shape index (κ3) is 3.03. The summed E-state index contributed by atoms with van der Waals surface area (Å²) < 4.78 is 11.2. The molecule has 0 saturated carbocycles. The first-order valence-electron chi connectivity index (χ1n) is 6.67. The molecule has 1 aromatic rings. The van der Waals surface area contributed by atoms with E-state index in [0.29, 0.717) is 6.61 Å². The lowest BCUT2D eigenvalue weighted by molar-refractivity contribution is -0.0386. The maximum absolute atomic E-state index is 6.39. The number of rotatable bonds is 7. The molecule has 102 valence electrons. The maximum atomic E-state index is 6.39. The minimum atomic E-state index is -0.301. The summed E-state index contributed by atoms with van der Waals surface area (Å²) in [5.41, 5.74) is 7.15. The van der Waals surface area contributed by atoms with Crippen LogP contribution in [0.5, 0.6) is 5.75 Å². The van der Waals surface area contributed by atoms with Crippen molar-refractivity contribution in [2.75, 3.05) is 13.7 Å². The van der Waals surface area contributed by atoms with Crippen molar-refractivity contribution in [1.82, 2.24) is 0 Å². The van der Waals surface area contributed by atoms with Gasteiger partial charge in [-0.15, -0.1) is 0 Å². The summed E-state index contributed by atoms with van der Waals surface area (Å²) in [6.45, 7) is 6.86. The van der Waals surface area contributed by atoms with Crippen LogP contribution >= 0.6 is 0 Å². The van der Waals surface area contributed by atoms with Gasteiger partial charge in [-0.3, -0.25) is 0 Å². The van der Waals surface area contributed by atoms with Crippen LogP contribution in [0.3, 0.4) is 0 Å². The summed E-state index contributed by atoms with van der Waals surface area (Å²) in [7, 11) is 1.74. The van der Waals surface area contributed by atoms with Crippen molar-refractivity contribution in [3.63, 3.8) is 0 Å². The van der Waals surface area contributed by atoms with Crippen molar-refractivity contribution >= 4 is 0 Å². The summed E-state index contributed by atoms with van der Waals surface area (Å²) in [6.07, 6.45) is 1.78. The SMILES string of the molecule is CCOc1cccc(C(N)C(CC)(CC)OC)c1. The second kappa shape index (κ2) is 6.76. The third-order valence-electron chi connectivity index (χ3n) is 3.70. The van der Waals surface area contributed by atoms with E-state index in [1.807, 2.05) is 31.2 Å². The van der Waals surface area contributed by atoms with Gasteiger partial charge >= 0.3 is 0 Å². The predicted octanol–water partition coefficient (Wildman–Crippen LogP) is 3.29. The lowest BCUT2D eigenvalue weighted by Gasteiger charge is -2.36. The fraction of sp³-hybridized carbons (Fsp3) is 0.600. The number of benzene rings is 1. The molecule has 0 fully saturated rings. The molecule has 18 heavy (non-hydrogen) atoms. The molecule has 0 aliphatic heterocycles. The molecule has 0 aliphatic carbocycles. The van der Waals surface area contributed by atoms with Crippen molar-refractivity contribution in [3.05, 3.63) is 29.8 Å². The molecule has 0 bridgehead atoms. The molecule has 0 radical (unpaired) electrons. The van der Waals surface area contributed by atoms with Crippen LogP contribution in [0.25, 0.3) is 0 Å². The van der Waals surface area contributed by atoms with E-state index in [1.165, 1.54) is 0 Å². The number of ether oxygens (including phenoxy) is 2. The van der Waals surface area contributed by atoms with Crippen LogP contribution in [-0.2, 0) is 4.74 Å². The van der Waals surface area contributed by atoms with Crippen LogP contribution in [-0.4, -0.2) is 19.3 Å². The van der Waals surface area contributed by atoms with Crippen molar-refractivity contribution in [1.29, 1.82) is 0 Å². The van der Waals surface area contributed by atoms with Gasteiger partial charge in [0.15, 0.2) is 0 Å². The van der Waals surface area contributed by atoms with E-state index in [1.54, 1.807) is 7.11 Å². The van der Waals surface area contributed by atoms with Crippen molar-refractivity contribution in [2.24, 2.45) is 5.73 Å². The van der Waals surface area contributed by atoms with Crippen LogP contribution in [0.15, 0.2) is 24.3 Å². The summed E-state index contributed by atoms with van der Waals surface area (Å²) >= 11 is 0. The zero-order valence-electron chi connectivity index (χ0n) is 11.9. The van der Waals surface area contributed by atoms with Crippen molar-refractivity contribution in [2.45, 2.75) is 45.3 Å². The predicted molar refractivity (Wildman–Crippen MR) is 74.9 cm³/mol. The lowest BCUT2D eigenvalue weighted by atomic mass is 9.84. The summed E-state index contributed by atoms with van der Waals surface area (Å²) in [4.78, 5) is 0. The van der Waals surface area contributed by atoms with Gasteiger partial charge in [0.1, 0.15) is 5.75 Å². The summed E-state index contributed by atoms with van der Waals surface area (Å²) in [6, 6.07) is 7.83. The molecule has 0 spiro atoms. The molecule has 1 unspecified atom stereocenters. The van der Waals surface area contributed by atoms with E-state index < -0.39 is 0 Å². The van der Waals surface area contributed by atoms with Gasteiger partial charge in [0.25, 0.3) is 0 Å². The van der Waals surface area contributed by atoms with Crippen LogP contribution in [0.1, 0.15) is 45.2 Å². The number of hydrogen-bond donors (Lipinski definition) is 1. The molecule has 1 atom stereocenters. The smallest absolute Gasteiger partial charge is 0.119 e. The zero-order valence-corrected chi connectivity index (χ0v) is 11.9. The van der Waals surface area contributed by atoms with Gasteiger partial charge in [-0.2, -0.15) is 0 Å². The molecule has 0 aromatic heterocycles. The van der Waals surface area contributed by atoms with Crippen LogP contribution < -0.4 is 10.5 Å². The number of nitrogens with two attached hydrogens (primary N) is 1. The van der Waals surface area contributed by atoms with Gasteiger partial charge in [-0.25, -0.2) is 0 Å². The normalized spacial score (nSPS) is 13.4. The van der Waals surface area contributed by atoms with E-state index in [9.17, 15) is 0 Å². The highest BCUT2D eigenvalue weighted by Crippen LogP contribution is 2.34. The Morgan fingerprint density at radius 1 is 1.22 bits per heavy atom. The van der Waals surface area contributed by atoms with E-state index in [4.69, 9.17) is 15.2 Å². The first-order chi connectivity index (χ1) is 8.63. The average molecular weight is 251 g/mol. The monoisotopic (exact) mass is 251 g/mol. The molecule has 3 heteroatoms. The number of hydrogen-bond acceptors (Lipinski definition) is 3. The Balaban J connectivity index is 3.01. The maximum Gasteiger partial charge on any atom is 0.119 e. The molecule has 3 nitrogen and oxygen atoms in total. The van der Waals surface area contributed by atoms with Gasteiger partial charge in [0, 0.05) is 7.11 Å². The van der Waals surface area contributed by atoms with Crippen molar-refractivity contribution in [3.8, 4) is 5.75 Å². The Morgan fingerprint density at radius 2 is 1.89 bits per heavy atom. The van der Waals surface area contributed by atoms with Crippen LogP contribution in [0, 0.1) is 0 Å². The van der Waals surface area contributed by atoms with Crippen LogP contribution in [0.2, 0.25) is 0 Å². The first-order valence-corrected chi connectivity index (χ1v) is 6.67. The molecule has 0 amide bonds. The zero-order chi connectivity index (χ0) is 13.6. The lowest BCUT2D eigenvalue weighted by Crippen LogP contribution is -2.42. The molecule has 0 aliphatic rings. The molecular weight excluding hydrogens is 226 g/mol. The Bertz CT molecular complexity index is 353. The topological polar surface area (TPSA) is 44.5 Å². The fourth-order valence-electron chi connectivity index (χ4n) is 2.37. The summed E-state index contributed by atoms with van der Waals surface area (Å²) in [5, 5.41) is 0. The average Bonchev–Trinajstić information content (AvgIpc) is 2.42. The third-order valence-corrected chi connectivity index (χ3v) is 3.70. The van der Waals surface area contributed by atoms with Crippen LogP contribution in [0.4, 0.5) is 0 Å². The van der Waals surface area contributed by atoms with Gasteiger partial charge < -0.3 is 15.2 Å². The fourth-order valence-corrected chi connectivity index (χ4v) is 2.37. The highest BCUT2D eigenvalue weighted by Gasteiger charge is 2.34. The standard InChI is InChI=1S/C15H25NO2/c1-5-15(6-2,17-4)14(16)12-9-8-10-13(11-12)18-7-3/h8-11,14H,5-7,16H2,1-4H3. The Labute approximate surface area is 110 Å². The van der Waals surface area contributed by atoms with Crippen molar-refractivity contribution < 1.29 is 9.47 Å². The van der Waals surface area contributed by atoms with Gasteiger partial charge in [0.05, 0.1) is 18.2 Å². The van der Waals surface area contributed by atoms with Gasteiger partial charge in [-0.05, 0) is 37.5 Å². The highest BCUT2D eigenvalue weighted by atomic mass is 16.5. The quantitative estimate of drug-likeness (QED) is 0.808. The van der Waals surface area contributed by atoms with Gasteiger partial charge in [0.2, 0.25) is 0 Å². The first kappa shape index (κ1) is 15.0. The van der Waals surface area contributed by atoms with Gasteiger partial charge in [-0.1, -0.05) is 26.0 Å². The molecule has 0 heterocycles. The molecule has 2 N–H and O–H groups in total. The number of methoxy groups -OCH3 is 1. The minimum Gasteiger partial charge on any atom is -0.494 e. The molecular formula is C15H25NO2. The second-order valence-corrected chi connectivity index (χ2v) is 4.46. The van der Waals surface area contributed by atoms with E-state index in [0.717, 1.165) is 24.2 Å². The minimum absolute atomic E-state index is 0.141. The highest BCUT2D eigenvalue weighted by molar-refractivity contribution is 5.32. The summed E-state index contributed by atoms with van der Waals surface area (Å²) in [5.74, 6) is 0.864. The second-order valence-electron chi connectivity index (χ2n) is 4.46. The largest absolute Gasteiger partial charge is 0.494 e. The molecule has 1 aromatic carbocycles. The Hall–Kier alpha value is -1.06. The van der Waals surface area contributed by atoms with E-state index in [2.05, 4.69) is 13.8 Å². The van der Waals surface area contributed by atoms with E-state index in [-0.39, 0.29) is 11.6 Å².